The highest BCUT2D eigenvalue weighted by Crippen LogP contribution is 2.67. The van der Waals surface area contributed by atoms with Crippen LogP contribution in [0.25, 0.3) is 11.0 Å². The van der Waals surface area contributed by atoms with Crippen molar-refractivity contribution in [1.29, 1.82) is 0 Å². The molecule has 5 heteroatoms. The summed E-state index contributed by atoms with van der Waals surface area (Å²) in [6, 6.07) is 7.80. The molecule has 4 atom stereocenters. The van der Waals surface area contributed by atoms with Gasteiger partial charge in [0.25, 0.3) is 0 Å². The molecule has 1 amide bonds. The van der Waals surface area contributed by atoms with E-state index in [9.17, 15) is 9.59 Å². The average Bonchev–Trinajstić information content (AvgIpc) is 3.07. The summed E-state index contributed by atoms with van der Waals surface area (Å²) in [5, 5.41) is 4.98. The summed E-state index contributed by atoms with van der Waals surface area (Å²) < 4.78 is 5.36. The van der Waals surface area contributed by atoms with E-state index in [-0.39, 0.29) is 47.3 Å². The van der Waals surface area contributed by atoms with Gasteiger partial charge in [-0.2, -0.15) is 0 Å². The van der Waals surface area contributed by atoms with E-state index in [0.717, 1.165) is 11.9 Å². The zero-order valence-electron chi connectivity index (χ0n) is 20.9. The van der Waals surface area contributed by atoms with Gasteiger partial charge in [-0.05, 0) is 40.2 Å². The van der Waals surface area contributed by atoms with Crippen molar-refractivity contribution in [3.63, 3.8) is 0 Å². The topological polar surface area (TPSA) is 63.4 Å². The van der Waals surface area contributed by atoms with E-state index in [1.165, 1.54) is 0 Å². The lowest BCUT2D eigenvalue weighted by Gasteiger charge is -2.43. The molecule has 1 saturated heterocycles. The van der Waals surface area contributed by atoms with E-state index in [0.29, 0.717) is 28.5 Å². The Morgan fingerprint density at radius 2 is 1.81 bits per heavy atom. The highest BCUT2D eigenvalue weighted by atomic mass is 16.5. The number of fused-ring (bicyclic) bond motifs is 2. The number of hydrogen-bond donors (Lipinski definition) is 0. The number of carbonyl (C=O) groups excluding carboxylic acids is 2. The highest BCUT2D eigenvalue weighted by Gasteiger charge is 2.69. The number of ketones is 1. The van der Waals surface area contributed by atoms with Crippen LogP contribution in [0.4, 0.5) is 0 Å². The summed E-state index contributed by atoms with van der Waals surface area (Å²) in [7, 11) is 0. The van der Waals surface area contributed by atoms with Crippen molar-refractivity contribution in [1.82, 2.24) is 10.1 Å². The van der Waals surface area contributed by atoms with Gasteiger partial charge in [-0.15, -0.1) is 0 Å². The Labute approximate surface area is 191 Å². The average molecular weight is 439 g/mol. The predicted molar refractivity (Wildman–Crippen MR) is 126 cm³/mol. The Kier molecular flexibility index (Phi) is 5.34. The highest BCUT2D eigenvalue weighted by molar-refractivity contribution is 5.91. The van der Waals surface area contributed by atoms with Crippen molar-refractivity contribution < 1.29 is 14.1 Å². The van der Waals surface area contributed by atoms with Gasteiger partial charge < -0.3 is 9.42 Å². The Morgan fingerprint density at radius 3 is 2.44 bits per heavy atom. The van der Waals surface area contributed by atoms with Crippen LogP contribution in [-0.2, 0) is 16.0 Å². The van der Waals surface area contributed by atoms with Crippen LogP contribution in [0.2, 0.25) is 0 Å². The fourth-order valence-electron chi connectivity index (χ4n) is 6.03. The maximum atomic E-state index is 13.9. The SMILES string of the molecule is CC(C)(C)C1[C@@H]2[C@H](CN1C(=O)[C@@H](CC(=O)Cc1noc3ccccc13)C(C)(C)C)C2(C)C. The molecule has 1 aromatic carbocycles. The Morgan fingerprint density at radius 1 is 1.16 bits per heavy atom. The second kappa shape index (κ2) is 7.43. The monoisotopic (exact) mass is 438 g/mol. The number of Topliss-reactive ketones (excluding diaryl/α,β-unsaturated/α-hetero) is 1. The lowest BCUT2D eigenvalue weighted by molar-refractivity contribution is -0.146. The molecule has 174 valence electrons. The van der Waals surface area contributed by atoms with Crippen LogP contribution in [0.1, 0.15) is 67.5 Å². The third-order valence-electron chi connectivity index (χ3n) is 7.97. The van der Waals surface area contributed by atoms with Crippen LogP contribution < -0.4 is 0 Å². The minimum Gasteiger partial charge on any atom is -0.356 e. The molecule has 2 fully saturated rings. The van der Waals surface area contributed by atoms with Gasteiger partial charge in [0.2, 0.25) is 5.91 Å². The molecule has 0 N–H and O–H groups in total. The Hall–Kier alpha value is -2.17. The van der Waals surface area contributed by atoms with Gasteiger partial charge in [-0.3, -0.25) is 9.59 Å². The van der Waals surface area contributed by atoms with Crippen molar-refractivity contribution in [2.75, 3.05) is 6.54 Å². The minimum atomic E-state index is -0.348. The van der Waals surface area contributed by atoms with Crippen LogP contribution in [0, 0.1) is 34.0 Å². The predicted octanol–water partition coefficient (Wildman–Crippen LogP) is 5.52. The molecule has 1 unspecified atom stereocenters. The maximum Gasteiger partial charge on any atom is 0.226 e. The number of hydrogen-bond acceptors (Lipinski definition) is 4. The number of likely N-dealkylation sites (tertiary alicyclic amines) is 1. The molecule has 2 heterocycles. The van der Waals surface area contributed by atoms with E-state index in [4.69, 9.17) is 4.52 Å². The fourth-order valence-corrected chi connectivity index (χ4v) is 6.03. The molecule has 2 aliphatic rings. The molecule has 1 aliphatic heterocycles. The van der Waals surface area contributed by atoms with E-state index < -0.39 is 0 Å². The molecular weight excluding hydrogens is 400 g/mol. The lowest BCUT2D eigenvalue weighted by Crippen LogP contribution is -2.51. The summed E-state index contributed by atoms with van der Waals surface area (Å²) in [5.41, 5.74) is 1.35. The van der Waals surface area contributed by atoms with Gasteiger partial charge >= 0.3 is 0 Å². The van der Waals surface area contributed by atoms with Gasteiger partial charge in [0.05, 0.1) is 12.1 Å². The fraction of sp³-hybridized carbons (Fsp3) is 0.667. The summed E-state index contributed by atoms with van der Waals surface area (Å²) >= 11 is 0. The number of para-hydroxylation sites is 1. The number of carbonyl (C=O) groups is 2. The molecule has 4 rings (SSSR count). The third kappa shape index (κ3) is 3.88. The molecule has 1 aliphatic carbocycles. The minimum absolute atomic E-state index is 0.00885. The Bertz CT molecular complexity index is 1040. The quantitative estimate of drug-likeness (QED) is 0.616. The van der Waals surface area contributed by atoms with Crippen molar-refractivity contribution in [2.45, 2.75) is 74.3 Å². The van der Waals surface area contributed by atoms with Gasteiger partial charge in [0, 0.05) is 30.3 Å². The van der Waals surface area contributed by atoms with Crippen molar-refractivity contribution in [3.8, 4) is 0 Å². The largest absolute Gasteiger partial charge is 0.356 e. The number of amides is 1. The second-order valence-electron chi connectivity index (χ2n) is 12.7. The Balaban J connectivity index is 1.54. The summed E-state index contributed by atoms with van der Waals surface area (Å²) in [5.74, 6) is 0.935. The first kappa shape index (κ1) is 23.0. The van der Waals surface area contributed by atoms with Gasteiger partial charge in [-0.25, -0.2) is 0 Å². The van der Waals surface area contributed by atoms with Crippen molar-refractivity contribution >= 4 is 22.7 Å². The maximum absolute atomic E-state index is 13.9. The molecule has 2 aromatic rings. The second-order valence-corrected chi connectivity index (χ2v) is 12.7. The van der Waals surface area contributed by atoms with Crippen molar-refractivity contribution in [2.24, 2.45) is 34.0 Å². The van der Waals surface area contributed by atoms with Gasteiger partial charge in [-0.1, -0.05) is 72.7 Å². The normalized spacial score (nSPS) is 25.6. The molecule has 1 saturated carbocycles. The summed E-state index contributed by atoms with van der Waals surface area (Å²) in [6.45, 7) is 18.4. The number of nitrogens with zero attached hydrogens (tertiary/aromatic N) is 2. The van der Waals surface area contributed by atoms with Gasteiger partial charge in [0.1, 0.15) is 5.78 Å². The standard InChI is InChI=1S/C27H38N2O3/c1-25(2,3)18(13-16(30)14-20-17-11-9-10-12-21(17)32-28-20)24(31)29-15-19-22(27(19,7)8)23(29)26(4,5)6/h9-12,18-19,22-23H,13-15H2,1-8H3/t18-,19+,22+,23?/m1/s1. The molecule has 0 spiro atoms. The van der Waals surface area contributed by atoms with E-state index in [2.05, 4.69) is 65.4 Å². The molecule has 1 aromatic heterocycles. The zero-order valence-corrected chi connectivity index (χ0v) is 20.9. The van der Waals surface area contributed by atoms with E-state index >= 15 is 0 Å². The molecule has 0 radical (unpaired) electrons. The van der Waals surface area contributed by atoms with Gasteiger partial charge in [0.15, 0.2) is 5.58 Å². The number of rotatable bonds is 5. The third-order valence-corrected chi connectivity index (χ3v) is 7.97. The zero-order chi connectivity index (χ0) is 23.6. The first-order chi connectivity index (χ1) is 14.7. The van der Waals surface area contributed by atoms with Crippen molar-refractivity contribution in [3.05, 3.63) is 30.0 Å². The molecule has 0 bridgehead atoms. The number of piperidine rings is 1. The first-order valence-electron chi connectivity index (χ1n) is 11.9. The summed E-state index contributed by atoms with van der Waals surface area (Å²) in [6.07, 6.45) is 0.424. The van der Waals surface area contributed by atoms with Crippen LogP contribution in [0.5, 0.6) is 0 Å². The lowest BCUT2D eigenvalue weighted by atomic mass is 9.75. The van der Waals surface area contributed by atoms with Crippen LogP contribution >= 0.6 is 0 Å². The number of benzene rings is 1. The van der Waals surface area contributed by atoms with Crippen LogP contribution in [-0.4, -0.2) is 34.3 Å². The van der Waals surface area contributed by atoms with E-state index in [1.54, 1.807) is 0 Å². The van der Waals surface area contributed by atoms with Crippen LogP contribution in [0.15, 0.2) is 28.8 Å². The molecule has 32 heavy (non-hydrogen) atoms. The summed E-state index contributed by atoms with van der Waals surface area (Å²) in [4.78, 5) is 29.2. The smallest absolute Gasteiger partial charge is 0.226 e. The number of aromatic nitrogens is 1. The van der Waals surface area contributed by atoms with Crippen LogP contribution in [0.3, 0.4) is 0 Å². The van der Waals surface area contributed by atoms with E-state index in [1.807, 2.05) is 24.3 Å². The molecule has 5 nitrogen and oxygen atoms in total. The molecular formula is C27H38N2O3. The first-order valence-corrected chi connectivity index (χ1v) is 11.9.